The fourth-order valence-corrected chi connectivity index (χ4v) is 1.18. The molecule has 0 aromatic carbocycles. The number of hydroxylamine groups is 1. The molecule has 0 bridgehead atoms. The third-order valence-corrected chi connectivity index (χ3v) is 2.69. The number of sulfonamides is 1. The first-order valence-electron chi connectivity index (χ1n) is 4.16. The van der Waals surface area contributed by atoms with Crippen molar-refractivity contribution in [1.29, 1.82) is 0 Å². The van der Waals surface area contributed by atoms with Gasteiger partial charge in [0, 0.05) is 6.54 Å². The van der Waals surface area contributed by atoms with Crippen LogP contribution in [-0.2, 0) is 19.7 Å². The number of hydrogen-bond donors (Lipinski definition) is 4. The number of hydrogen-bond acceptors (Lipinski definition) is 5. The molecule has 0 spiro atoms. The van der Waals surface area contributed by atoms with Crippen LogP contribution in [0.4, 0.5) is 4.79 Å². The second-order valence-electron chi connectivity index (χ2n) is 2.56. The van der Waals surface area contributed by atoms with E-state index in [2.05, 4.69) is 14.9 Å². The van der Waals surface area contributed by atoms with E-state index in [0.717, 1.165) is 0 Å². The molecular formula is C6H13N3O6S. The summed E-state index contributed by atoms with van der Waals surface area (Å²) in [5.41, 5.74) is 1.77. The normalized spacial score (nSPS) is 10.8. The van der Waals surface area contributed by atoms with Crippen LogP contribution in [0, 0.1) is 0 Å². The highest BCUT2D eigenvalue weighted by Gasteiger charge is 2.07. The first-order chi connectivity index (χ1) is 7.37. The standard InChI is InChI=1S/C6H13N3O6S/c1-7-16(13,14)3-2-8-6(12)9-15-4-5(10)11/h7H,2-4H2,1H3,(H,10,11)(H2,8,9,12). The van der Waals surface area contributed by atoms with Gasteiger partial charge in [-0.3, -0.25) is 4.84 Å². The lowest BCUT2D eigenvalue weighted by atomic mass is 10.7. The molecule has 0 heterocycles. The van der Waals surface area contributed by atoms with E-state index in [9.17, 15) is 18.0 Å². The fourth-order valence-electron chi connectivity index (χ4n) is 0.600. The molecule has 4 N–H and O–H groups in total. The van der Waals surface area contributed by atoms with Crippen molar-refractivity contribution in [1.82, 2.24) is 15.5 Å². The molecule has 0 saturated heterocycles. The summed E-state index contributed by atoms with van der Waals surface area (Å²) < 4.78 is 23.8. The topological polar surface area (TPSA) is 134 Å². The predicted molar refractivity (Wildman–Crippen MR) is 53.0 cm³/mol. The summed E-state index contributed by atoms with van der Waals surface area (Å²) in [6.07, 6.45) is 0. The Morgan fingerprint density at radius 2 is 2.00 bits per heavy atom. The lowest BCUT2D eigenvalue weighted by molar-refractivity contribution is -0.144. The minimum atomic E-state index is -3.38. The summed E-state index contributed by atoms with van der Waals surface area (Å²) in [5.74, 6) is -1.52. The van der Waals surface area contributed by atoms with Gasteiger partial charge in [-0.05, 0) is 7.05 Å². The molecule has 0 aliphatic carbocycles. The predicted octanol–water partition coefficient (Wildman–Crippen LogP) is -2.15. The average molecular weight is 255 g/mol. The molecule has 10 heteroatoms. The number of nitrogens with one attached hydrogen (secondary N) is 3. The lowest BCUT2D eigenvalue weighted by Crippen LogP contribution is -2.40. The van der Waals surface area contributed by atoms with Gasteiger partial charge in [-0.2, -0.15) is 0 Å². The van der Waals surface area contributed by atoms with Gasteiger partial charge >= 0.3 is 12.0 Å². The molecule has 0 aliphatic heterocycles. The van der Waals surface area contributed by atoms with E-state index in [-0.39, 0.29) is 12.3 Å². The molecule has 94 valence electrons. The number of carboxylic acid groups (broad SMARTS) is 1. The van der Waals surface area contributed by atoms with Crippen molar-refractivity contribution in [3.63, 3.8) is 0 Å². The zero-order valence-corrected chi connectivity index (χ0v) is 9.33. The number of aliphatic carboxylic acids is 1. The molecule has 0 aliphatic rings. The van der Waals surface area contributed by atoms with Gasteiger partial charge in [0.2, 0.25) is 10.0 Å². The van der Waals surface area contributed by atoms with Crippen LogP contribution in [0.5, 0.6) is 0 Å². The number of urea groups is 1. The van der Waals surface area contributed by atoms with Crippen LogP contribution in [0.15, 0.2) is 0 Å². The zero-order chi connectivity index (χ0) is 12.6. The van der Waals surface area contributed by atoms with Gasteiger partial charge in [0.25, 0.3) is 0 Å². The van der Waals surface area contributed by atoms with Crippen LogP contribution >= 0.6 is 0 Å². The zero-order valence-electron chi connectivity index (χ0n) is 8.52. The maximum Gasteiger partial charge on any atom is 0.338 e. The number of carbonyl (C=O) groups is 2. The Labute approximate surface area is 92.2 Å². The van der Waals surface area contributed by atoms with E-state index >= 15 is 0 Å². The molecule has 2 amide bonds. The van der Waals surface area contributed by atoms with E-state index in [4.69, 9.17) is 5.11 Å². The van der Waals surface area contributed by atoms with Gasteiger partial charge < -0.3 is 10.4 Å². The molecular weight excluding hydrogens is 242 g/mol. The Morgan fingerprint density at radius 3 is 2.50 bits per heavy atom. The average Bonchev–Trinajstić information content (AvgIpc) is 2.17. The Morgan fingerprint density at radius 1 is 1.38 bits per heavy atom. The van der Waals surface area contributed by atoms with Crippen LogP contribution in [0.2, 0.25) is 0 Å². The van der Waals surface area contributed by atoms with Crippen LogP contribution in [-0.4, -0.2) is 51.5 Å². The Bertz CT molecular complexity index is 340. The maximum absolute atomic E-state index is 10.9. The third-order valence-electron chi connectivity index (χ3n) is 1.33. The monoisotopic (exact) mass is 255 g/mol. The van der Waals surface area contributed by atoms with E-state index in [0.29, 0.717) is 0 Å². The van der Waals surface area contributed by atoms with Gasteiger partial charge in [0.05, 0.1) is 5.75 Å². The van der Waals surface area contributed by atoms with Crippen LogP contribution < -0.4 is 15.5 Å². The highest BCUT2D eigenvalue weighted by Crippen LogP contribution is 1.79. The minimum absolute atomic E-state index is 0.120. The number of amides is 2. The molecule has 9 nitrogen and oxygen atoms in total. The quantitative estimate of drug-likeness (QED) is 0.383. The Kier molecular flexibility index (Phi) is 6.37. The highest BCUT2D eigenvalue weighted by molar-refractivity contribution is 7.89. The van der Waals surface area contributed by atoms with Gasteiger partial charge in [0.1, 0.15) is 0 Å². The smallest absolute Gasteiger partial charge is 0.338 e. The second-order valence-corrected chi connectivity index (χ2v) is 4.61. The minimum Gasteiger partial charge on any atom is -0.479 e. The van der Waals surface area contributed by atoms with Gasteiger partial charge in [-0.25, -0.2) is 28.2 Å². The first-order valence-corrected chi connectivity index (χ1v) is 5.81. The van der Waals surface area contributed by atoms with E-state index in [1.807, 2.05) is 0 Å². The summed E-state index contributed by atoms with van der Waals surface area (Å²) in [6.45, 7) is -0.798. The molecule has 0 aromatic rings. The molecule has 0 fully saturated rings. The van der Waals surface area contributed by atoms with E-state index in [1.165, 1.54) is 7.05 Å². The molecule has 0 unspecified atom stereocenters. The fraction of sp³-hybridized carbons (Fsp3) is 0.667. The summed E-state index contributed by atoms with van der Waals surface area (Å²) in [4.78, 5) is 25.1. The van der Waals surface area contributed by atoms with Crippen molar-refractivity contribution < 1.29 is 28.0 Å². The summed E-state index contributed by atoms with van der Waals surface area (Å²) in [5, 5.41) is 10.3. The van der Waals surface area contributed by atoms with Crippen molar-refractivity contribution in [3.8, 4) is 0 Å². The van der Waals surface area contributed by atoms with Crippen LogP contribution in [0.1, 0.15) is 0 Å². The molecule has 0 radical (unpaired) electrons. The number of carbonyl (C=O) groups excluding carboxylic acids is 1. The third kappa shape index (κ3) is 7.96. The Hall–Kier alpha value is -1.39. The van der Waals surface area contributed by atoms with Crippen molar-refractivity contribution in [3.05, 3.63) is 0 Å². The molecule has 0 saturated carbocycles. The van der Waals surface area contributed by atoms with Crippen molar-refractivity contribution >= 4 is 22.0 Å². The Balaban J connectivity index is 3.63. The number of rotatable bonds is 7. The largest absolute Gasteiger partial charge is 0.479 e. The molecule has 16 heavy (non-hydrogen) atoms. The summed E-state index contributed by atoms with van der Waals surface area (Å²) in [7, 11) is -2.12. The van der Waals surface area contributed by atoms with Gasteiger partial charge in [-0.15, -0.1) is 0 Å². The van der Waals surface area contributed by atoms with Crippen molar-refractivity contribution in [2.24, 2.45) is 0 Å². The van der Waals surface area contributed by atoms with Crippen molar-refractivity contribution in [2.45, 2.75) is 0 Å². The van der Waals surface area contributed by atoms with Crippen molar-refractivity contribution in [2.75, 3.05) is 26.0 Å². The summed E-state index contributed by atoms with van der Waals surface area (Å²) >= 11 is 0. The number of carboxylic acids is 1. The first kappa shape index (κ1) is 14.6. The molecule has 0 atom stereocenters. The second kappa shape index (κ2) is 6.98. The van der Waals surface area contributed by atoms with E-state index < -0.39 is 28.6 Å². The van der Waals surface area contributed by atoms with Gasteiger partial charge in [-0.1, -0.05) is 0 Å². The van der Waals surface area contributed by atoms with Crippen LogP contribution in [0.25, 0.3) is 0 Å². The molecule has 0 aromatic heterocycles. The lowest BCUT2D eigenvalue weighted by Gasteiger charge is -2.06. The van der Waals surface area contributed by atoms with E-state index in [1.54, 1.807) is 5.48 Å². The summed E-state index contributed by atoms with van der Waals surface area (Å²) in [6, 6.07) is -0.812. The maximum atomic E-state index is 10.9. The van der Waals surface area contributed by atoms with Crippen LogP contribution in [0.3, 0.4) is 0 Å². The molecule has 0 rings (SSSR count). The highest BCUT2D eigenvalue weighted by atomic mass is 32.2. The SMILES string of the molecule is CNS(=O)(=O)CCNC(=O)NOCC(=O)O. The van der Waals surface area contributed by atoms with Gasteiger partial charge in [0.15, 0.2) is 6.61 Å².